The molecule has 1 aliphatic rings. The monoisotopic (exact) mass is 379 g/mol. The summed E-state index contributed by atoms with van der Waals surface area (Å²) >= 11 is 0. The molecule has 3 heterocycles. The molecule has 4 rings (SSSR count). The van der Waals surface area contributed by atoms with Crippen LogP contribution in [-0.2, 0) is 0 Å². The first-order chi connectivity index (χ1) is 13.5. The van der Waals surface area contributed by atoms with E-state index >= 15 is 0 Å². The van der Waals surface area contributed by atoms with Crippen LogP contribution in [0.5, 0.6) is 0 Å². The van der Waals surface area contributed by atoms with Crippen molar-refractivity contribution >= 4 is 5.91 Å². The van der Waals surface area contributed by atoms with Crippen LogP contribution in [0.1, 0.15) is 66.4 Å². The molecular weight excluding hydrogens is 354 g/mol. The lowest BCUT2D eigenvalue weighted by Crippen LogP contribution is -2.38. The topological polar surface area (TPSA) is 87.9 Å². The van der Waals surface area contributed by atoms with E-state index in [0.29, 0.717) is 24.7 Å². The van der Waals surface area contributed by atoms with Crippen molar-refractivity contribution in [3.63, 3.8) is 0 Å². The van der Waals surface area contributed by atoms with Crippen LogP contribution in [0.2, 0.25) is 0 Å². The van der Waals surface area contributed by atoms with Crippen LogP contribution in [0.25, 0.3) is 11.4 Å². The number of imidazole rings is 1. The van der Waals surface area contributed by atoms with Gasteiger partial charge in [0, 0.05) is 36.2 Å². The van der Waals surface area contributed by atoms with Gasteiger partial charge in [0.05, 0.1) is 0 Å². The summed E-state index contributed by atoms with van der Waals surface area (Å²) in [5, 5.41) is 4.05. The smallest absolute Gasteiger partial charge is 0.274 e. The number of hydrogen-bond donors (Lipinski definition) is 1. The molecule has 0 saturated carbocycles. The van der Waals surface area contributed by atoms with Crippen molar-refractivity contribution in [3.05, 3.63) is 53.4 Å². The van der Waals surface area contributed by atoms with Crippen LogP contribution in [0.4, 0.5) is 0 Å². The molecule has 1 fully saturated rings. The van der Waals surface area contributed by atoms with Crippen molar-refractivity contribution in [3.8, 4) is 11.4 Å². The SMILES string of the molecule is Cc1[nH]c(-c2ccccc2)nc1C(=O)N1CCC(c2nc(C(C)C)no2)CC1. The first-order valence-electron chi connectivity index (χ1n) is 9.77. The van der Waals surface area contributed by atoms with Gasteiger partial charge in [0.25, 0.3) is 5.91 Å². The maximum Gasteiger partial charge on any atom is 0.274 e. The molecule has 0 atom stereocenters. The number of aromatic amines is 1. The number of amides is 1. The second kappa shape index (κ2) is 7.58. The van der Waals surface area contributed by atoms with E-state index < -0.39 is 0 Å². The van der Waals surface area contributed by atoms with Crippen LogP contribution in [0.3, 0.4) is 0 Å². The van der Waals surface area contributed by atoms with Crippen molar-refractivity contribution < 1.29 is 9.32 Å². The molecular formula is C21H25N5O2. The third-order valence-corrected chi connectivity index (χ3v) is 5.24. The number of piperidine rings is 1. The average molecular weight is 379 g/mol. The van der Waals surface area contributed by atoms with E-state index in [1.165, 1.54) is 0 Å². The molecule has 1 N–H and O–H groups in total. The zero-order valence-corrected chi connectivity index (χ0v) is 16.5. The van der Waals surface area contributed by atoms with Gasteiger partial charge in [-0.3, -0.25) is 4.79 Å². The Morgan fingerprint density at radius 2 is 1.89 bits per heavy atom. The fourth-order valence-electron chi connectivity index (χ4n) is 3.53. The van der Waals surface area contributed by atoms with Gasteiger partial charge in [-0.1, -0.05) is 49.3 Å². The first-order valence-corrected chi connectivity index (χ1v) is 9.77. The van der Waals surface area contributed by atoms with E-state index in [0.717, 1.165) is 35.7 Å². The summed E-state index contributed by atoms with van der Waals surface area (Å²) in [6, 6.07) is 9.84. The fourth-order valence-corrected chi connectivity index (χ4v) is 3.53. The van der Waals surface area contributed by atoms with Crippen LogP contribution in [0.15, 0.2) is 34.9 Å². The fraction of sp³-hybridized carbons (Fsp3) is 0.429. The summed E-state index contributed by atoms with van der Waals surface area (Å²) in [5.41, 5.74) is 2.27. The van der Waals surface area contributed by atoms with Gasteiger partial charge in [-0.15, -0.1) is 0 Å². The van der Waals surface area contributed by atoms with E-state index in [1.807, 2.05) is 56.0 Å². The Kier molecular flexibility index (Phi) is 4.98. The number of likely N-dealkylation sites (tertiary alicyclic amines) is 1. The van der Waals surface area contributed by atoms with Crippen molar-refractivity contribution in [1.29, 1.82) is 0 Å². The highest BCUT2D eigenvalue weighted by atomic mass is 16.5. The lowest BCUT2D eigenvalue weighted by molar-refractivity contribution is 0.0698. The molecule has 0 bridgehead atoms. The Morgan fingerprint density at radius 3 is 2.54 bits per heavy atom. The molecule has 0 spiro atoms. The number of aromatic nitrogens is 4. The van der Waals surface area contributed by atoms with Crippen LogP contribution >= 0.6 is 0 Å². The zero-order valence-electron chi connectivity index (χ0n) is 16.5. The second-order valence-electron chi connectivity index (χ2n) is 7.64. The highest BCUT2D eigenvalue weighted by Gasteiger charge is 2.30. The molecule has 0 radical (unpaired) electrons. The van der Waals surface area contributed by atoms with Crippen LogP contribution in [-0.4, -0.2) is 44.0 Å². The van der Waals surface area contributed by atoms with Gasteiger partial charge in [-0.2, -0.15) is 4.98 Å². The van der Waals surface area contributed by atoms with E-state index in [2.05, 4.69) is 20.1 Å². The minimum atomic E-state index is -0.0252. The van der Waals surface area contributed by atoms with Gasteiger partial charge < -0.3 is 14.4 Å². The van der Waals surface area contributed by atoms with Crippen LogP contribution < -0.4 is 0 Å². The Bertz CT molecular complexity index is 952. The average Bonchev–Trinajstić information content (AvgIpc) is 3.36. The summed E-state index contributed by atoms with van der Waals surface area (Å²) < 4.78 is 5.44. The number of rotatable bonds is 4. The second-order valence-corrected chi connectivity index (χ2v) is 7.64. The summed E-state index contributed by atoms with van der Waals surface area (Å²) in [5.74, 6) is 2.60. The number of hydrogen-bond acceptors (Lipinski definition) is 5. The summed E-state index contributed by atoms with van der Waals surface area (Å²) in [6.07, 6.45) is 1.64. The van der Waals surface area contributed by atoms with Gasteiger partial charge in [-0.25, -0.2) is 4.98 Å². The van der Waals surface area contributed by atoms with Crippen molar-refractivity contribution in [2.45, 2.75) is 45.4 Å². The van der Waals surface area contributed by atoms with Crippen molar-refractivity contribution in [1.82, 2.24) is 25.0 Å². The largest absolute Gasteiger partial charge is 0.341 e. The molecule has 28 heavy (non-hydrogen) atoms. The molecule has 0 aliphatic carbocycles. The number of benzene rings is 1. The molecule has 1 aliphatic heterocycles. The van der Waals surface area contributed by atoms with E-state index in [9.17, 15) is 4.79 Å². The quantitative estimate of drug-likeness (QED) is 0.742. The summed E-state index contributed by atoms with van der Waals surface area (Å²) in [4.78, 5) is 27.2. The van der Waals surface area contributed by atoms with Gasteiger partial charge >= 0.3 is 0 Å². The number of carbonyl (C=O) groups is 1. The number of nitrogens with one attached hydrogen (secondary N) is 1. The number of carbonyl (C=O) groups excluding carboxylic acids is 1. The van der Waals surface area contributed by atoms with Crippen molar-refractivity contribution in [2.24, 2.45) is 0 Å². The molecule has 2 aromatic heterocycles. The summed E-state index contributed by atoms with van der Waals surface area (Å²) in [7, 11) is 0. The minimum Gasteiger partial charge on any atom is -0.341 e. The predicted octanol–water partition coefficient (Wildman–Crippen LogP) is 3.91. The Balaban J connectivity index is 1.43. The molecule has 0 unspecified atom stereocenters. The Morgan fingerprint density at radius 1 is 1.18 bits per heavy atom. The first kappa shape index (κ1) is 18.4. The Labute approximate surface area is 164 Å². The number of nitrogens with zero attached hydrogens (tertiary/aromatic N) is 4. The highest BCUT2D eigenvalue weighted by Crippen LogP contribution is 2.29. The van der Waals surface area contributed by atoms with Gasteiger partial charge in [0.1, 0.15) is 11.5 Å². The summed E-state index contributed by atoms with van der Waals surface area (Å²) in [6.45, 7) is 7.31. The van der Waals surface area contributed by atoms with E-state index in [1.54, 1.807) is 0 Å². The lowest BCUT2D eigenvalue weighted by Gasteiger charge is -2.30. The third kappa shape index (κ3) is 3.56. The molecule has 1 amide bonds. The lowest BCUT2D eigenvalue weighted by atomic mass is 9.96. The highest BCUT2D eigenvalue weighted by molar-refractivity contribution is 5.94. The normalized spacial score (nSPS) is 15.4. The van der Waals surface area contributed by atoms with Gasteiger partial charge in [-0.05, 0) is 19.8 Å². The zero-order chi connectivity index (χ0) is 19.7. The Hall–Kier alpha value is -2.96. The maximum atomic E-state index is 13.0. The predicted molar refractivity (Wildman–Crippen MR) is 105 cm³/mol. The number of aryl methyl sites for hydroxylation is 1. The molecule has 7 heteroatoms. The molecule has 1 saturated heterocycles. The third-order valence-electron chi connectivity index (χ3n) is 5.24. The van der Waals surface area contributed by atoms with Gasteiger partial charge in [0.15, 0.2) is 5.82 Å². The molecule has 1 aromatic carbocycles. The molecule has 146 valence electrons. The van der Waals surface area contributed by atoms with Gasteiger partial charge in [0.2, 0.25) is 5.89 Å². The number of H-pyrrole nitrogens is 1. The van der Waals surface area contributed by atoms with E-state index in [-0.39, 0.29) is 17.7 Å². The van der Waals surface area contributed by atoms with Crippen molar-refractivity contribution in [2.75, 3.05) is 13.1 Å². The molecule has 7 nitrogen and oxygen atoms in total. The maximum absolute atomic E-state index is 13.0. The minimum absolute atomic E-state index is 0.0252. The van der Waals surface area contributed by atoms with E-state index in [4.69, 9.17) is 4.52 Å². The standard InChI is InChI=1S/C21H25N5O2/c1-13(2)18-24-20(28-25-18)16-9-11-26(12-10-16)21(27)17-14(3)22-19(23-17)15-7-5-4-6-8-15/h4-8,13,16H,9-12H2,1-3H3,(H,22,23). The molecule has 3 aromatic rings. The van der Waals surface area contributed by atoms with Crippen LogP contribution in [0, 0.1) is 6.92 Å².